The van der Waals surface area contributed by atoms with Crippen molar-refractivity contribution in [3.8, 4) is 11.5 Å². The monoisotopic (exact) mass is 492 g/mol. The minimum atomic E-state index is 0. The number of aliphatic imine (C=N–C) groups is 1. The smallest absolute Gasteiger partial charge is 0.195 e. The van der Waals surface area contributed by atoms with E-state index in [1.807, 2.05) is 49.5 Å². The van der Waals surface area contributed by atoms with E-state index in [0.29, 0.717) is 30.6 Å². The Morgan fingerprint density at radius 1 is 1.11 bits per heavy atom. The molecule has 1 aromatic heterocycles. The third-order valence-electron chi connectivity index (χ3n) is 4.13. The predicted octanol–water partition coefficient (Wildman–Crippen LogP) is 4.45. The second-order valence-corrected chi connectivity index (χ2v) is 5.83. The van der Waals surface area contributed by atoms with Crippen molar-refractivity contribution in [2.75, 3.05) is 26.1 Å². The number of benzene rings is 2. The maximum absolute atomic E-state index is 5.55. The van der Waals surface area contributed by atoms with E-state index in [0.717, 1.165) is 16.8 Å². The SMILES string of the molecule is CCOc1ccc(NC(=NC)NCc2nccc3ccccc23)cc1OC.I. The number of aromatic nitrogens is 1. The number of anilines is 1. The second kappa shape index (κ2) is 10.7. The van der Waals surface area contributed by atoms with Crippen LogP contribution in [0.15, 0.2) is 59.7 Å². The van der Waals surface area contributed by atoms with Gasteiger partial charge in [-0.2, -0.15) is 0 Å². The van der Waals surface area contributed by atoms with Gasteiger partial charge in [0.15, 0.2) is 17.5 Å². The zero-order valence-corrected chi connectivity index (χ0v) is 18.6. The average molecular weight is 492 g/mol. The molecule has 0 unspecified atom stereocenters. The number of halogens is 1. The lowest BCUT2D eigenvalue weighted by atomic mass is 10.1. The van der Waals surface area contributed by atoms with Gasteiger partial charge in [0.2, 0.25) is 0 Å². The van der Waals surface area contributed by atoms with E-state index < -0.39 is 0 Å². The standard InChI is InChI=1S/C21H24N4O2.HI/c1-4-27-19-10-9-16(13-20(19)26-3)25-21(22-2)24-14-18-17-8-6-5-7-15(17)11-12-23-18;/h5-13H,4,14H2,1-3H3,(H2,22,24,25);1H. The van der Waals surface area contributed by atoms with Crippen molar-refractivity contribution in [3.63, 3.8) is 0 Å². The first-order chi connectivity index (χ1) is 13.2. The van der Waals surface area contributed by atoms with Crippen LogP contribution in [-0.2, 0) is 6.54 Å². The molecule has 6 nitrogen and oxygen atoms in total. The van der Waals surface area contributed by atoms with Crippen LogP contribution in [0, 0.1) is 0 Å². The third kappa shape index (κ3) is 5.25. The minimum Gasteiger partial charge on any atom is -0.493 e. The van der Waals surface area contributed by atoms with Crippen LogP contribution in [0.3, 0.4) is 0 Å². The van der Waals surface area contributed by atoms with E-state index in [-0.39, 0.29) is 24.0 Å². The number of rotatable bonds is 6. The van der Waals surface area contributed by atoms with E-state index in [9.17, 15) is 0 Å². The van der Waals surface area contributed by atoms with Gasteiger partial charge in [0, 0.05) is 30.4 Å². The van der Waals surface area contributed by atoms with E-state index >= 15 is 0 Å². The van der Waals surface area contributed by atoms with Crippen LogP contribution >= 0.6 is 24.0 Å². The molecule has 0 saturated carbocycles. The number of fused-ring (bicyclic) bond motifs is 1. The Kier molecular flexibility index (Phi) is 8.31. The van der Waals surface area contributed by atoms with Crippen molar-refractivity contribution in [1.82, 2.24) is 10.3 Å². The number of ether oxygens (including phenoxy) is 2. The van der Waals surface area contributed by atoms with Crippen LogP contribution in [-0.4, -0.2) is 31.7 Å². The molecular weight excluding hydrogens is 467 g/mol. The van der Waals surface area contributed by atoms with Gasteiger partial charge in [0.05, 0.1) is 26.0 Å². The molecule has 0 spiro atoms. The minimum absolute atomic E-state index is 0. The molecule has 0 saturated heterocycles. The summed E-state index contributed by atoms with van der Waals surface area (Å²) < 4.78 is 10.9. The molecule has 0 radical (unpaired) electrons. The highest BCUT2D eigenvalue weighted by Gasteiger charge is 2.08. The zero-order chi connectivity index (χ0) is 19.1. The van der Waals surface area contributed by atoms with Crippen LogP contribution in [0.5, 0.6) is 11.5 Å². The van der Waals surface area contributed by atoms with E-state index in [1.165, 1.54) is 5.39 Å². The molecule has 0 amide bonds. The molecule has 148 valence electrons. The van der Waals surface area contributed by atoms with Gasteiger partial charge in [-0.3, -0.25) is 9.98 Å². The van der Waals surface area contributed by atoms with Crippen molar-refractivity contribution in [2.45, 2.75) is 13.5 Å². The molecule has 7 heteroatoms. The summed E-state index contributed by atoms with van der Waals surface area (Å²) >= 11 is 0. The highest BCUT2D eigenvalue weighted by Crippen LogP contribution is 2.30. The van der Waals surface area contributed by atoms with Crippen LogP contribution in [0.4, 0.5) is 5.69 Å². The number of methoxy groups -OCH3 is 1. The lowest BCUT2D eigenvalue weighted by Crippen LogP contribution is -2.30. The van der Waals surface area contributed by atoms with Crippen molar-refractivity contribution in [2.24, 2.45) is 4.99 Å². The largest absolute Gasteiger partial charge is 0.493 e. The summed E-state index contributed by atoms with van der Waals surface area (Å²) in [6, 6.07) is 15.9. The molecule has 0 aliphatic rings. The number of guanidine groups is 1. The zero-order valence-electron chi connectivity index (χ0n) is 16.2. The number of pyridine rings is 1. The van der Waals surface area contributed by atoms with Crippen LogP contribution < -0.4 is 20.1 Å². The summed E-state index contributed by atoms with van der Waals surface area (Å²) in [6.45, 7) is 3.10. The quantitative estimate of drug-likeness (QED) is 0.303. The highest BCUT2D eigenvalue weighted by molar-refractivity contribution is 14.0. The van der Waals surface area contributed by atoms with Crippen molar-refractivity contribution < 1.29 is 9.47 Å². The summed E-state index contributed by atoms with van der Waals surface area (Å²) in [7, 11) is 3.36. The maximum atomic E-state index is 5.55. The normalized spacial score (nSPS) is 10.9. The molecule has 2 N–H and O–H groups in total. The van der Waals surface area contributed by atoms with Crippen molar-refractivity contribution in [3.05, 3.63) is 60.4 Å². The first-order valence-corrected chi connectivity index (χ1v) is 8.86. The van der Waals surface area contributed by atoms with Gasteiger partial charge in [-0.25, -0.2) is 0 Å². The van der Waals surface area contributed by atoms with Gasteiger partial charge < -0.3 is 20.1 Å². The van der Waals surface area contributed by atoms with Gasteiger partial charge in [-0.1, -0.05) is 24.3 Å². The Labute approximate surface area is 182 Å². The molecule has 0 atom stereocenters. The number of nitrogens with zero attached hydrogens (tertiary/aromatic N) is 2. The van der Waals surface area contributed by atoms with E-state index in [2.05, 4.69) is 32.7 Å². The Morgan fingerprint density at radius 3 is 2.68 bits per heavy atom. The molecule has 28 heavy (non-hydrogen) atoms. The molecule has 0 bridgehead atoms. The summed E-state index contributed by atoms with van der Waals surface area (Å²) in [5, 5.41) is 8.87. The first-order valence-electron chi connectivity index (χ1n) is 8.86. The van der Waals surface area contributed by atoms with Crippen LogP contribution in [0.1, 0.15) is 12.6 Å². The molecular formula is C21H25IN4O2. The van der Waals surface area contributed by atoms with Crippen molar-refractivity contribution in [1.29, 1.82) is 0 Å². The lowest BCUT2D eigenvalue weighted by Gasteiger charge is -2.15. The Hall–Kier alpha value is -2.55. The first kappa shape index (κ1) is 21.7. The fourth-order valence-corrected chi connectivity index (χ4v) is 2.83. The Balaban J connectivity index is 0.00000280. The number of hydrogen-bond acceptors (Lipinski definition) is 4. The summed E-state index contributed by atoms with van der Waals surface area (Å²) in [6.07, 6.45) is 1.83. The van der Waals surface area contributed by atoms with Gasteiger partial charge in [-0.15, -0.1) is 24.0 Å². The molecule has 0 fully saturated rings. The fourth-order valence-electron chi connectivity index (χ4n) is 2.83. The molecule has 0 aliphatic carbocycles. The third-order valence-corrected chi connectivity index (χ3v) is 4.13. The number of hydrogen-bond donors (Lipinski definition) is 2. The predicted molar refractivity (Wildman–Crippen MR) is 125 cm³/mol. The van der Waals surface area contributed by atoms with Gasteiger partial charge in [0.25, 0.3) is 0 Å². The summed E-state index contributed by atoms with van der Waals surface area (Å²) in [5.74, 6) is 2.04. The van der Waals surface area contributed by atoms with Crippen LogP contribution in [0.25, 0.3) is 10.8 Å². The Morgan fingerprint density at radius 2 is 1.93 bits per heavy atom. The highest BCUT2D eigenvalue weighted by atomic mass is 127. The van der Waals surface area contributed by atoms with Gasteiger partial charge in [0.1, 0.15) is 0 Å². The number of nitrogens with one attached hydrogen (secondary N) is 2. The second-order valence-electron chi connectivity index (χ2n) is 5.83. The van der Waals surface area contributed by atoms with E-state index in [4.69, 9.17) is 9.47 Å². The summed E-state index contributed by atoms with van der Waals surface area (Å²) in [4.78, 5) is 8.79. The maximum Gasteiger partial charge on any atom is 0.195 e. The summed E-state index contributed by atoms with van der Waals surface area (Å²) in [5.41, 5.74) is 1.83. The average Bonchev–Trinajstić information content (AvgIpc) is 2.72. The fraction of sp³-hybridized carbons (Fsp3) is 0.238. The van der Waals surface area contributed by atoms with Crippen molar-refractivity contribution >= 4 is 46.4 Å². The van der Waals surface area contributed by atoms with Gasteiger partial charge >= 0.3 is 0 Å². The molecule has 3 aromatic rings. The van der Waals surface area contributed by atoms with Gasteiger partial charge in [-0.05, 0) is 30.5 Å². The molecule has 0 aliphatic heterocycles. The Bertz CT molecular complexity index is 941. The topological polar surface area (TPSA) is 67.8 Å². The van der Waals surface area contributed by atoms with Crippen LogP contribution in [0.2, 0.25) is 0 Å². The lowest BCUT2D eigenvalue weighted by molar-refractivity contribution is 0.311. The molecule has 2 aromatic carbocycles. The molecule has 1 heterocycles. The molecule has 3 rings (SSSR count). The van der Waals surface area contributed by atoms with E-state index in [1.54, 1.807) is 14.2 Å².